The molecule has 168 valence electrons. The van der Waals surface area contributed by atoms with Gasteiger partial charge in [-0.1, -0.05) is 24.3 Å². The first kappa shape index (κ1) is 20.9. The molecule has 5 rings (SSSR count). The smallest absolute Gasteiger partial charge is 0.440 e. The van der Waals surface area contributed by atoms with E-state index in [1.807, 2.05) is 5.32 Å². The molecule has 0 aliphatic carbocycles. The Kier molecular flexibility index (Phi) is 4.64. The normalized spacial score (nSPS) is 17.6. The van der Waals surface area contributed by atoms with Crippen molar-refractivity contribution in [3.63, 3.8) is 0 Å². The molecule has 3 heterocycles. The van der Waals surface area contributed by atoms with Crippen molar-refractivity contribution in [3.8, 4) is 16.9 Å². The fraction of sp³-hybridized carbons (Fsp3) is 0.143. The van der Waals surface area contributed by atoms with E-state index in [2.05, 4.69) is 15.3 Å². The number of alkyl halides is 3. The topological polar surface area (TPSA) is 98.1 Å². The van der Waals surface area contributed by atoms with Crippen molar-refractivity contribution < 1.29 is 27.5 Å². The van der Waals surface area contributed by atoms with E-state index in [0.29, 0.717) is 21.4 Å². The zero-order valence-corrected chi connectivity index (χ0v) is 17.6. The summed E-state index contributed by atoms with van der Waals surface area (Å²) in [5.74, 6) is -2.30. The number of imidazole rings is 1. The van der Waals surface area contributed by atoms with E-state index in [1.165, 1.54) is 24.1 Å². The lowest BCUT2D eigenvalue weighted by Crippen LogP contribution is -2.63. The molecular weight excluding hydrogens is 459 g/mol. The lowest BCUT2D eigenvalue weighted by molar-refractivity contribution is -0.213. The Morgan fingerprint density at radius 3 is 2.61 bits per heavy atom. The Labute approximate surface area is 188 Å². The lowest BCUT2D eigenvalue weighted by Gasteiger charge is -2.31. The number of ether oxygens (including phenoxy) is 1. The zero-order chi connectivity index (χ0) is 23.4. The number of benzene rings is 2. The summed E-state index contributed by atoms with van der Waals surface area (Å²) in [5.41, 5.74) is -0.823. The monoisotopic (exact) mass is 473 g/mol. The minimum Gasteiger partial charge on any atom is -0.497 e. The van der Waals surface area contributed by atoms with Gasteiger partial charge < -0.3 is 10.1 Å². The van der Waals surface area contributed by atoms with Crippen LogP contribution in [0.3, 0.4) is 0 Å². The van der Waals surface area contributed by atoms with Crippen LogP contribution in [0.5, 0.6) is 5.75 Å². The maximum Gasteiger partial charge on any atom is 0.440 e. The van der Waals surface area contributed by atoms with Crippen molar-refractivity contribution in [2.45, 2.75) is 11.8 Å². The molecule has 0 saturated carbocycles. The summed E-state index contributed by atoms with van der Waals surface area (Å²) in [6, 6.07) is 11.6. The molecule has 2 aromatic heterocycles. The maximum atomic E-state index is 14.5. The standard InChI is InChI=1S/C21H14F3N5O3S/c1-32-12-7-5-11(6-8-12)13-3-2-4-15-16(13)26-19-27-18(31)20(29(15)19,21(22,23)24)28-17(30)14-9-33-10-25-14/h2-10H,1H3,(H,28,30)(H,26,27,31). The van der Waals surface area contributed by atoms with E-state index in [-0.39, 0.29) is 22.7 Å². The molecule has 2 aromatic carbocycles. The quantitative estimate of drug-likeness (QED) is 0.470. The molecule has 0 saturated heterocycles. The van der Waals surface area contributed by atoms with Crippen LogP contribution in [0.2, 0.25) is 0 Å². The van der Waals surface area contributed by atoms with Crippen LogP contribution >= 0.6 is 11.3 Å². The van der Waals surface area contributed by atoms with Gasteiger partial charge in [-0.25, -0.2) is 9.97 Å². The van der Waals surface area contributed by atoms with Crippen molar-refractivity contribution in [2.75, 3.05) is 12.4 Å². The molecule has 1 atom stereocenters. The first-order valence-electron chi connectivity index (χ1n) is 9.51. The second-order valence-electron chi connectivity index (χ2n) is 7.16. The zero-order valence-electron chi connectivity index (χ0n) is 16.8. The van der Waals surface area contributed by atoms with Crippen LogP contribution in [-0.2, 0) is 10.5 Å². The third-order valence-electron chi connectivity index (χ3n) is 5.35. The Morgan fingerprint density at radius 2 is 1.97 bits per heavy atom. The Morgan fingerprint density at radius 1 is 1.21 bits per heavy atom. The molecule has 33 heavy (non-hydrogen) atoms. The van der Waals surface area contributed by atoms with Crippen molar-refractivity contribution in [3.05, 3.63) is 59.0 Å². The number of hydrogen-bond acceptors (Lipinski definition) is 6. The number of nitrogens with zero attached hydrogens (tertiary/aromatic N) is 3. The van der Waals surface area contributed by atoms with Gasteiger partial charge in [-0.15, -0.1) is 11.3 Å². The average molecular weight is 473 g/mol. The largest absolute Gasteiger partial charge is 0.497 e. The van der Waals surface area contributed by atoms with E-state index in [0.717, 1.165) is 11.3 Å². The SMILES string of the molecule is COc1ccc(-c2cccc3c2nc2n3C(NC(=O)c3cscn3)(C(F)(F)F)C(=O)N2)cc1. The highest BCUT2D eigenvalue weighted by Gasteiger charge is 2.67. The Hall–Kier alpha value is -3.93. The number of fused-ring (bicyclic) bond motifs is 3. The predicted molar refractivity (Wildman–Crippen MR) is 114 cm³/mol. The number of carbonyl (C=O) groups is 2. The van der Waals surface area contributed by atoms with E-state index in [4.69, 9.17) is 4.74 Å². The predicted octanol–water partition coefficient (Wildman–Crippen LogP) is 3.77. The number of amides is 2. The molecule has 12 heteroatoms. The van der Waals surface area contributed by atoms with Gasteiger partial charge in [-0.05, 0) is 23.8 Å². The van der Waals surface area contributed by atoms with Gasteiger partial charge in [0.25, 0.3) is 17.5 Å². The molecule has 4 aromatic rings. The first-order chi connectivity index (χ1) is 15.8. The van der Waals surface area contributed by atoms with Crippen LogP contribution in [0.15, 0.2) is 53.4 Å². The average Bonchev–Trinajstić information content (AvgIpc) is 3.50. The van der Waals surface area contributed by atoms with Crippen molar-refractivity contribution >= 4 is 40.1 Å². The molecule has 2 N–H and O–H groups in total. The number of halogens is 3. The van der Waals surface area contributed by atoms with E-state index in [1.54, 1.807) is 36.4 Å². The fourth-order valence-electron chi connectivity index (χ4n) is 3.81. The summed E-state index contributed by atoms with van der Waals surface area (Å²) >= 11 is 1.04. The minimum absolute atomic E-state index is 0.0209. The summed E-state index contributed by atoms with van der Waals surface area (Å²) < 4.78 is 49.3. The molecular formula is C21H14F3N5O3S. The number of nitrogens with one attached hydrogen (secondary N) is 2. The Bertz CT molecular complexity index is 1380. The van der Waals surface area contributed by atoms with Crippen LogP contribution in [0.4, 0.5) is 19.1 Å². The highest BCUT2D eigenvalue weighted by atomic mass is 32.1. The van der Waals surface area contributed by atoms with Gasteiger partial charge >= 0.3 is 6.18 Å². The van der Waals surface area contributed by atoms with Crippen molar-refractivity contribution in [1.29, 1.82) is 0 Å². The van der Waals surface area contributed by atoms with Crippen LogP contribution in [-0.4, -0.2) is 39.6 Å². The number of carbonyl (C=O) groups excluding carboxylic acids is 2. The van der Waals surface area contributed by atoms with E-state index >= 15 is 0 Å². The summed E-state index contributed by atoms with van der Waals surface area (Å²) in [4.78, 5) is 33.3. The van der Waals surface area contributed by atoms with Crippen molar-refractivity contribution in [2.24, 2.45) is 0 Å². The van der Waals surface area contributed by atoms with Gasteiger partial charge in [-0.3, -0.25) is 19.5 Å². The summed E-state index contributed by atoms with van der Waals surface area (Å²) in [7, 11) is 1.52. The van der Waals surface area contributed by atoms with Gasteiger partial charge in [0.05, 0.1) is 23.7 Å². The van der Waals surface area contributed by atoms with Crippen LogP contribution in [0, 0.1) is 0 Å². The number of thiazole rings is 1. The third kappa shape index (κ3) is 3.05. The van der Waals surface area contributed by atoms with E-state index in [9.17, 15) is 22.8 Å². The Balaban J connectivity index is 1.70. The number of methoxy groups -OCH3 is 1. The lowest BCUT2D eigenvalue weighted by atomic mass is 10.0. The fourth-order valence-corrected chi connectivity index (χ4v) is 4.34. The molecule has 0 bridgehead atoms. The second-order valence-corrected chi connectivity index (χ2v) is 7.88. The van der Waals surface area contributed by atoms with Gasteiger partial charge in [0, 0.05) is 10.9 Å². The van der Waals surface area contributed by atoms with E-state index < -0.39 is 23.7 Å². The van der Waals surface area contributed by atoms with Gasteiger partial charge in [-0.2, -0.15) is 13.2 Å². The van der Waals surface area contributed by atoms with Gasteiger partial charge in [0.2, 0.25) is 5.95 Å². The molecule has 0 spiro atoms. The number of rotatable bonds is 4. The number of hydrogen-bond donors (Lipinski definition) is 2. The summed E-state index contributed by atoms with van der Waals surface area (Å²) in [6.45, 7) is 0. The number of para-hydroxylation sites is 1. The highest BCUT2D eigenvalue weighted by molar-refractivity contribution is 7.07. The molecule has 1 aliphatic heterocycles. The molecule has 0 fully saturated rings. The van der Waals surface area contributed by atoms with Crippen LogP contribution in [0.25, 0.3) is 22.2 Å². The summed E-state index contributed by atoms with van der Waals surface area (Å²) in [6.07, 6.45) is -5.18. The first-order valence-corrected chi connectivity index (χ1v) is 10.5. The van der Waals surface area contributed by atoms with Crippen LogP contribution in [0.1, 0.15) is 10.5 Å². The third-order valence-corrected chi connectivity index (χ3v) is 5.93. The van der Waals surface area contributed by atoms with Crippen LogP contribution < -0.4 is 15.4 Å². The summed E-state index contributed by atoms with van der Waals surface area (Å²) in [5, 5.41) is 5.33. The van der Waals surface area contributed by atoms with Gasteiger partial charge in [0.1, 0.15) is 11.4 Å². The molecule has 8 nitrogen and oxygen atoms in total. The number of anilines is 1. The second kappa shape index (κ2) is 7.30. The molecule has 0 radical (unpaired) electrons. The molecule has 1 aliphatic rings. The molecule has 2 amide bonds. The van der Waals surface area contributed by atoms with Crippen molar-refractivity contribution in [1.82, 2.24) is 19.9 Å². The maximum absolute atomic E-state index is 14.5. The molecule has 1 unspecified atom stereocenters. The number of aromatic nitrogens is 3. The van der Waals surface area contributed by atoms with Gasteiger partial charge in [0.15, 0.2) is 0 Å². The highest BCUT2D eigenvalue weighted by Crippen LogP contribution is 2.45. The minimum atomic E-state index is -5.18.